The average Bonchev–Trinajstić information content (AvgIpc) is 2.38. The molecule has 0 bridgehead atoms. The zero-order valence-electron chi connectivity index (χ0n) is 9.88. The maximum absolute atomic E-state index is 12.9. The average molecular weight is 278 g/mol. The molecule has 0 unspecified atom stereocenters. The highest BCUT2D eigenvalue weighted by atomic mass is 32.2. The summed E-state index contributed by atoms with van der Waals surface area (Å²) in [5.41, 5.74) is 6.72. The van der Waals surface area contributed by atoms with Crippen LogP contribution in [-0.2, 0) is 5.75 Å². The summed E-state index contributed by atoms with van der Waals surface area (Å²) in [5.74, 6) is 0.0139. The molecule has 2 N–H and O–H groups in total. The highest BCUT2D eigenvalue weighted by Gasteiger charge is 2.12. The van der Waals surface area contributed by atoms with Crippen LogP contribution in [0.5, 0.6) is 0 Å². The molecule has 2 aromatic carbocycles. The molecular weight excluding hydrogens is 267 g/mol. The number of nitro groups is 1. The van der Waals surface area contributed by atoms with Crippen LogP contribution in [0.3, 0.4) is 0 Å². The molecule has 4 nitrogen and oxygen atoms in total. The third-order valence-corrected chi connectivity index (χ3v) is 3.68. The van der Waals surface area contributed by atoms with Crippen LogP contribution >= 0.6 is 11.8 Å². The summed E-state index contributed by atoms with van der Waals surface area (Å²) in [6.45, 7) is 0. The number of halogens is 1. The third-order valence-electron chi connectivity index (χ3n) is 2.54. The Kier molecular flexibility index (Phi) is 4.01. The van der Waals surface area contributed by atoms with Gasteiger partial charge < -0.3 is 5.73 Å². The van der Waals surface area contributed by atoms with Gasteiger partial charge in [-0.3, -0.25) is 10.1 Å². The molecule has 0 fully saturated rings. The first-order chi connectivity index (χ1) is 9.08. The SMILES string of the molecule is Nc1cc(F)ccc1SCc1ccccc1[N+](=O)[O-]. The Bertz CT molecular complexity index is 619. The molecule has 0 amide bonds. The molecule has 19 heavy (non-hydrogen) atoms. The number of anilines is 1. The molecule has 98 valence electrons. The first-order valence-electron chi connectivity index (χ1n) is 5.48. The van der Waals surface area contributed by atoms with Crippen molar-refractivity contribution in [1.29, 1.82) is 0 Å². The van der Waals surface area contributed by atoms with E-state index in [1.807, 2.05) is 0 Å². The van der Waals surface area contributed by atoms with Crippen molar-refractivity contribution < 1.29 is 9.31 Å². The van der Waals surface area contributed by atoms with E-state index in [1.165, 1.54) is 30.0 Å². The van der Waals surface area contributed by atoms with E-state index in [0.29, 0.717) is 21.9 Å². The van der Waals surface area contributed by atoms with E-state index >= 15 is 0 Å². The molecule has 0 saturated carbocycles. The van der Waals surface area contributed by atoms with E-state index in [2.05, 4.69) is 0 Å². The Balaban J connectivity index is 2.17. The van der Waals surface area contributed by atoms with Crippen molar-refractivity contribution >= 4 is 23.1 Å². The zero-order valence-corrected chi connectivity index (χ0v) is 10.7. The van der Waals surface area contributed by atoms with Crippen molar-refractivity contribution in [3.63, 3.8) is 0 Å². The highest BCUT2D eigenvalue weighted by molar-refractivity contribution is 7.98. The van der Waals surface area contributed by atoms with E-state index in [1.54, 1.807) is 24.3 Å². The number of benzene rings is 2. The van der Waals surface area contributed by atoms with Crippen LogP contribution in [0.25, 0.3) is 0 Å². The lowest BCUT2D eigenvalue weighted by Gasteiger charge is -2.06. The van der Waals surface area contributed by atoms with Crippen LogP contribution in [0.2, 0.25) is 0 Å². The summed E-state index contributed by atoms with van der Waals surface area (Å²) < 4.78 is 12.9. The molecule has 2 aromatic rings. The Labute approximate surface area is 113 Å². The third kappa shape index (κ3) is 3.23. The van der Waals surface area contributed by atoms with E-state index in [0.717, 1.165) is 0 Å². The summed E-state index contributed by atoms with van der Waals surface area (Å²) >= 11 is 1.34. The summed E-state index contributed by atoms with van der Waals surface area (Å²) in [6.07, 6.45) is 0. The Morgan fingerprint density at radius 1 is 1.26 bits per heavy atom. The monoisotopic (exact) mass is 278 g/mol. The maximum Gasteiger partial charge on any atom is 0.273 e. The van der Waals surface area contributed by atoms with E-state index in [4.69, 9.17) is 5.73 Å². The van der Waals surface area contributed by atoms with Gasteiger partial charge in [-0.05, 0) is 18.2 Å². The van der Waals surface area contributed by atoms with Gasteiger partial charge in [0.05, 0.1) is 4.92 Å². The van der Waals surface area contributed by atoms with Gasteiger partial charge in [-0.25, -0.2) is 4.39 Å². The van der Waals surface area contributed by atoms with Crippen molar-refractivity contribution in [3.8, 4) is 0 Å². The number of thioether (sulfide) groups is 1. The van der Waals surface area contributed by atoms with Gasteiger partial charge in [0.2, 0.25) is 0 Å². The minimum absolute atomic E-state index is 0.0793. The number of para-hydroxylation sites is 1. The zero-order chi connectivity index (χ0) is 13.8. The molecule has 0 atom stereocenters. The molecule has 0 spiro atoms. The normalized spacial score (nSPS) is 10.4. The van der Waals surface area contributed by atoms with Crippen LogP contribution in [0.4, 0.5) is 15.8 Å². The van der Waals surface area contributed by atoms with Crippen molar-refractivity contribution in [1.82, 2.24) is 0 Å². The molecular formula is C13H11FN2O2S. The lowest BCUT2D eigenvalue weighted by atomic mass is 10.2. The molecule has 0 heterocycles. The lowest BCUT2D eigenvalue weighted by molar-refractivity contribution is -0.385. The maximum atomic E-state index is 12.9. The number of rotatable bonds is 4. The second kappa shape index (κ2) is 5.71. The number of nitrogens with zero attached hydrogens (tertiary/aromatic N) is 1. The number of hydrogen-bond donors (Lipinski definition) is 1. The van der Waals surface area contributed by atoms with Crippen LogP contribution in [-0.4, -0.2) is 4.92 Å². The molecule has 0 aliphatic rings. The summed E-state index contributed by atoms with van der Waals surface area (Å²) in [7, 11) is 0. The Morgan fingerprint density at radius 2 is 2.00 bits per heavy atom. The highest BCUT2D eigenvalue weighted by Crippen LogP contribution is 2.31. The predicted octanol–water partition coefficient (Wildman–Crippen LogP) is 3.61. The van der Waals surface area contributed by atoms with Crippen LogP contribution < -0.4 is 5.73 Å². The molecule has 0 aliphatic heterocycles. The van der Waals surface area contributed by atoms with Gasteiger partial charge in [0.1, 0.15) is 5.82 Å². The van der Waals surface area contributed by atoms with Crippen LogP contribution in [0.1, 0.15) is 5.56 Å². The molecule has 0 aliphatic carbocycles. The van der Waals surface area contributed by atoms with E-state index < -0.39 is 10.7 Å². The topological polar surface area (TPSA) is 69.2 Å². The summed E-state index contributed by atoms with van der Waals surface area (Å²) in [4.78, 5) is 11.2. The van der Waals surface area contributed by atoms with Crippen molar-refractivity contribution in [3.05, 3.63) is 64.0 Å². The van der Waals surface area contributed by atoms with Gasteiger partial charge in [0, 0.05) is 28.0 Å². The van der Waals surface area contributed by atoms with Gasteiger partial charge in [0.15, 0.2) is 0 Å². The van der Waals surface area contributed by atoms with Gasteiger partial charge in [0.25, 0.3) is 5.69 Å². The van der Waals surface area contributed by atoms with Gasteiger partial charge in [-0.1, -0.05) is 18.2 Å². The fourth-order valence-electron chi connectivity index (χ4n) is 1.62. The second-order valence-corrected chi connectivity index (χ2v) is 4.87. The number of hydrogen-bond acceptors (Lipinski definition) is 4. The minimum Gasteiger partial charge on any atom is -0.398 e. The Hall–Kier alpha value is -2.08. The predicted molar refractivity (Wildman–Crippen MR) is 73.5 cm³/mol. The van der Waals surface area contributed by atoms with E-state index in [9.17, 15) is 14.5 Å². The summed E-state index contributed by atoms with van der Waals surface area (Å²) in [6, 6.07) is 10.7. The molecule has 0 saturated heterocycles. The molecule has 6 heteroatoms. The molecule has 0 radical (unpaired) electrons. The minimum atomic E-state index is -0.413. The Morgan fingerprint density at radius 3 is 2.68 bits per heavy atom. The fourth-order valence-corrected chi connectivity index (χ4v) is 2.56. The fraction of sp³-hybridized carbons (Fsp3) is 0.0769. The smallest absolute Gasteiger partial charge is 0.273 e. The summed E-state index contributed by atoms with van der Waals surface area (Å²) in [5, 5.41) is 10.9. The molecule has 2 rings (SSSR count). The first-order valence-corrected chi connectivity index (χ1v) is 6.46. The van der Waals surface area contributed by atoms with Crippen molar-refractivity contribution in [2.24, 2.45) is 0 Å². The quantitative estimate of drug-likeness (QED) is 0.401. The van der Waals surface area contributed by atoms with Gasteiger partial charge >= 0.3 is 0 Å². The van der Waals surface area contributed by atoms with Gasteiger partial charge in [-0.2, -0.15) is 0 Å². The van der Waals surface area contributed by atoms with Crippen molar-refractivity contribution in [2.45, 2.75) is 10.6 Å². The van der Waals surface area contributed by atoms with Gasteiger partial charge in [-0.15, -0.1) is 11.8 Å². The first kappa shape index (κ1) is 13.4. The number of nitro benzene ring substituents is 1. The van der Waals surface area contributed by atoms with E-state index in [-0.39, 0.29) is 5.69 Å². The number of nitrogens with two attached hydrogens (primary N) is 1. The number of nitrogen functional groups attached to an aromatic ring is 1. The van der Waals surface area contributed by atoms with Crippen LogP contribution in [0.15, 0.2) is 47.4 Å². The van der Waals surface area contributed by atoms with Crippen LogP contribution in [0, 0.1) is 15.9 Å². The largest absolute Gasteiger partial charge is 0.398 e. The standard InChI is InChI=1S/C13H11FN2O2S/c14-10-5-6-13(11(15)7-10)19-8-9-3-1-2-4-12(9)16(17)18/h1-7H,8,15H2. The molecule has 0 aromatic heterocycles. The lowest BCUT2D eigenvalue weighted by Crippen LogP contribution is -1.94. The second-order valence-electron chi connectivity index (χ2n) is 3.86. The van der Waals surface area contributed by atoms with Crippen molar-refractivity contribution in [2.75, 3.05) is 5.73 Å².